The topological polar surface area (TPSA) is 55.3 Å². The monoisotopic (exact) mass is 347 g/mol. The molecule has 0 N–H and O–H groups in total. The molecule has 3 fully saturated rings. The molecule has 1 amide bonds. The van der Waals surface area contributed by atoms with Gasteiger partial charge in [0.05, 0.1) is 22.7 Å². The molecule has 1 atom stereocenters. The zero-order chi connectivity index (χ0) is 16.6. The Morgan fingerprint density at radius 1 is 1.33 bits per heavy atom. The average Bonchev–Trinajstić information content (AvgIpc) is 3.21. The molecule has 1 aromatic heterocycles. The largest absolute Gasteiger partial charge is 0.377 e. The number of hydrogen-bond donors (Lipinski definition) is 0. The Bertz CT molecular complexity index is 595. The van der Waals surface area contributed by atoms with Crippen LogP contribution in [0.5, 0.6) is 0 Å². The molecule has 1 saturated carbocycles. The lowest BCUT2D eigenvalue weighted by Crippen LogP contribution is -2.60. The van der Waals surface area contributed by atoms with Crippen molar-refractivity contribution in [2.45, 2.75) is 49.9 Å². The van der Waals surface area contributed by atoms with Crippen LogP contribution in [0.1, 0.15) is 48.3 Å². The van der Waals surface area contributed by atoms with Gasteiger partial charge in [0.25, 0.3) is 5.91 Å². The lowest BCUT2D eigenvalue weighted by Gasteiger charge is -2.47. The summed E-state index contributed by atoms with van der Waals surface area (Å²) in [6.45, 7) is 4.44. The van der Waals surface area contributed by atoms with E-state index in [1.54, 1.807) is 12.4 Å². The number of rotatable bonds is 4. The van der Waals surface area contributed by atoms with Crippen LogP contribution in [0.4, 0.5) is 0 Å². The number of nitrogens with zero attached hydrogens (tertiary/aromatic N) is 3. The van der Waals surface area contributed by atoms with Gasteiger partial charge in [0.2, 0.25) is 0 Å². The summed E-state index contributed by atoms with van der Waals surface area (Å²) < 4.78 is 6.38. The van der Waals surface area contributed by atoms with Crippen LogP contribution in [0.25, 0.3) is 0 Å². The Hall–Kier alpha value is -1.14. The SMILES string of the molecule is Cc1cnc(C(=O)N2CC3(C[C@@H](OCC4CCCC4)CS3)C2)cn1. The first-order chi connectivity index (χ1) is 11.6. The highest BCUT2D eigenvalue weighted by Crippen LogP contribution is 2.46. The molecule has 5 nitrogen and oxygen atoms in total. The van der Waals surface area contributed by atoms with Gasteiger partial charge in [0.15, 0.2) is 0 Å². The van der Waals surface area contributed by atoms with Gasteiger partial charge in [-0.3, -0.25) is 9.78 Å². The first-order valence-electron chi connectivity index (χ1n) is 8.97. The molecule has 130 valence electrons. The molecule has 2 saturated heterocycles. The van der Waals surface area contributed by atoms with E-state index in [0.717, 1.165) is 43.5 Å². The normalized spacial score (nSPS) is 26.0. The number of hydrogen-bond acceptors (Lipinski definition) is 5. The molecule has 0 aromatic carbocycles. The molecule has 0 unspecified atom stereocenters. The molecule has 1 spiro atoms. The van der Waals surface area contributed by atoms with Crippen LogP contribution in [0, 0.1) is 12.8 Å². The van der Waals surface area contributed by atoms with Gasteiger partial charge < -0.3 is 9.64 Å². The fraction of sp³-hybridized carbons (Fsp3) is 0.722. The summed E-state index contributed by atoms with van der Waals surface area (Å²) in [6, 6.07) is 0. The highest BCUT2D eigenvalue weighted by molar-refractivity contribution is 8.01. The standard InChI is InChI=1S/C18H25N3O2S/c1-13-7-20-16(8-19-13)17(22)21-11-18(12-21)6-15(10-24-18)23-9-14-4-2-3-5-14/h7-8,14-15H,2-6,9-12H2,1H3/t15-/m1/s1. The predicted molar refractivity (Wildman–Crippen MR) is 94.2 cm³/mol. The summed E-state index contributed by atoms with van der Waals surface area (Å²) in [5.74, 6) is 1.86. The maximum Gasteiger partial charge on any atom is 0.274 e. The zero-order valence-corrected chi connectivity index (χ0v) is 15.1. The van der Waals surface area contributed by atoms with Gasteiger partial charge in [0, 0.05) is 31.6 Å². The van der Waals surface area contributed by atoms with Crippen molar-refractivity contribution in [3.63, 3.8) is 0 Å². The van der Waals surface area contributed by atoms with Gasteiger partial charge in [-0.05, 0) is 32.1 Å². The third kappa shape index (κ3) is 3.31. The van der Waals surface area contributed by atoms with Gasteiger partial charge in [-0.25, -0.2) is 4.98 Å². The number of ether oxygens (including phenoxy) is 1. The Kier molecular flexibility index (Phi) is 4.52. The molecule has 6 heteroatoms. The minimum Gasteiger partial charge on any atom is -0.377 e. The Balaban J connectivity index is 1.26. The summed E-state index contributed by atoms with van der Waals surface area (Å²) >= 11 is 1.99. The lowest BCUT2D eigenvalue weighted by atomic mass is 9.92. The van der Waals surface area contributed by atoms with Crippen molar-refractivity contribution in [2.75, 3.05) is 25.4 Å². The highest BCUT2D eigenvalue weighted by atomic mass is 32.2. The van der Waals surface area contributed by atoms with Crippen molar-refractivity contribution in [3.8, 4) is 0 Å². The van der Waals surface area contributed by atoms with Crippen LogP contribution in [-0.2, 0) is 4.74 Å². The summed E-state index contributed by atoms with van der Waals surface area (Å²) in [5.41, 5.74) is 1.28. The van der Waals surface area contributed by atoms with E-state index in [9.17, 15) is 4.79 Å². The fourth-order valence-electron chi connectivity index (χ4n) is 4.04. The molecule has 1 aliphatic carbocycles. The highest BCUT2D eigenvalue weighted by Gasteiger charge is 2.51. The second-order valence-electron chi connectivity index (χ2n) is 7.51. The minimum absolute atomic E-state index is 0.00375. The molecule has 0 radical (unpaired) electrons. The van der Waals surface area contributed by atoms with Crippen molar-refractivity contribution in [1.82, 2.24) is 14.9 Å². The number of likely N-dealkylation sites (tertiary alicyclic amines) is 1. The molecular formula is C18H25N3O2S. The van der Waals surface area contributed by atoms with Crippen LogP contribution in [-0.4, -0.2) is 57.1 Å². The van der Waals surface area contributed by atoms with Crippen molar-refractivity contribution < 1.29 is 9.53 Å². The molecule has 1 aromatic rings. The molecule has 4 rings (SSSR count). The average molecular weight is 347 g/mol. The number of carbonyl (C=O) groups excluding carboxylic acids is 1. The van der Waals surface area contributed by atoms with E-state index in [1.165, 1.54) is 25.7 Å². The molecule has 2 aliphatic heterocycles. The quantitative estimate of drug-likeness (QED) is 0.838. The smallest absolute Gasteiger partial charge is 0.274 e. The van der Waals surface area contributed by atoms with Gasteiger partial charge in [-0.1, -0.05) is 12.8 Å². The number of thioether (sulfide) groups is 1. The molecule has 0 bridgehead atoms. The predicted octanol–water partition coefficient (Wildman–Crippen LogP) is 2.69. The number of carbonyl (C=O) groups is 1. The summed E-state index contributed by atoms with van der Waals surface area (Å²) in [6.07, 6.45) is 10.1. The van der Waals surface area contributed by atoms with E-state index in [2.05, 4.69) is 9.97 Å². The van der Waals surface area contributed by atoms with Gasteiger partial charge >= 0.3 is 0 Å². The lowest BCUT2D eigenvalue weighted by molar-refractivity contribution is 0.0195. The maximum absolute atomic E-state index is 12.4. The van der Waals surface area contributed by atoms with Crippen molar-refractivity contribution in [2.24, 2.45) is 5.92 Å². The summed E-state index contributed by atoms with van der Waals surface area (Å²) in [7, 11) is 0. The van der Waals surface area contributed by atoms with Crippen LogP contribution < -0.4 is 0 Å². The van der Waals surface area contributed by atoms with Crippen LogP contribution >= 0.6 is 11.8 Å². The first-order valence-corrected chi connectivity index (χ1v) is 9.96. The van der Waals surface area contributed by atoms with Crippen molar-refractivity contribution in [3.05, 3.63) is 23.8 Å². The Morgan fingerprint density at radius 2 is 2.12 bits per heavy atom. The Morgan fingerprint density at radius 3 is 2.83 bits per heavy atom. The van der Waals surface area contributed by atoms with E-state index >= 15 is 0 Å². The van der Waals surface area contributed by atoms with Crippen molar-refractivity contribution in [1.29, 1.82) is 0 Å². The zero-order valence-electron chi connectivity index (χ0n) is 14.2. The van der Waals surface area contributed by atoms with Gasteiger partial charge in [-0.2, -0.15) is 0 Å². The van der Waals surface area contributed by atoms with E-state index in [4.69, 9.17) is 4.74 Å². The van der Waals surface area contributed by atoms with Gasteiger partial charge in [0.1, 0.15) is 5.69 Å². The maximum atomic E-state index is 12.4. The summed E-state index contributed by atoms with van der Waals surface area (Å²) in [4.78, 5) is 22.7. The fourth-order valence-corrected chi connectivity index (χ4v) is 5.59. The third-order valence-electron chi connectivity index (χ3n) is 5.46. The second-order valence-corrected chi connectivity index (χ2v) is 9.00. The third-order valence-corrected chi connectivity index (χ3v) is 7.04. The van der Waals surface area contributed by atoms with E-state index in [-0.39, 0.29) is 10.7 Å². The van der Waals surface area contributed by atoms with E-state index < -0.39 is 0 Å². The van der Waals surface area contributed by atoms with Crippen LogP contribution in [0.3, 0.4) is 0 Å². The summed E-state index contributed by atoms with van der Waals surface area (Å²) in [5, 5.41) is 0. The Labute approximate surface area is 147 Å². The van der Waals surface area contributed by atoms with Gasteiger partial charge in [-0.15, -0.1) is 11.8 Å². The first kappa shape index (κ1) is 16.3. The van der Waals surface area contributed by atoms with Crippen molar-refractivity contribution >= 4 is 17.7 Å². The number of amides is 1. The second kappa shape index (κ2) is 6.64. The molecule has 3 heterocycles. The number of aryl methyl sites for hydroxylation is 1. The van der Waals surface area contributed by atoms with Crippen LogP contribution in [0.2, 0.25) is 0 Å². The molecule has 3 aliphatic rings. The number of aromatic nitrogens is 2. The van der Waals surface area contributed by atoms with E-state index in [1.807, 2.05) is 23.6 Å². The molecular weight excluding hydrogens is 322 g/mol. The van der Waals surface area contributed by atoms with E-state index in [0.29, 0.717) is 11.8 Å². The molecule has 24 heavy (non-hydrogen) atoms. The van der Waals surface area contributed by atoms with Crippen LogP contribution in [0.15, 0.2) is 12.4 Å². The minimum atomic E-state index is 0.00375.